The van der Waals surface area contributed by atoms with Crippen molar-refractivity contribution in [1.82, 2.24) is 19.3 Å². The summed E-state index contributed by atoms with van der Waals surface area (Å²) in [5, 5.41) is 3.95. The second kappa shape index (κ2) is 6.17. The average molecular weight is 380 g/mol. The molecule has 0 spiro atoms. The van der Waals surface area contributed by atoms with Crippen LogP contribution in [0.15, 0.2) is 21.1 Å². The van der Waals surface area contributed by atoms with Gasteiger partial charge in [-0.25, -0.2) is 12.7 Å². The van der Waals surface area contributed by atoms with Crippen LogP contribution in [0.1, 0.15) is 30.2 Å². The molecule has 2 aromatic heterocycles. The van der Waals surface area contributed by atoms with E-state index in [1.807, 2.05) is 19.1 Å². The van der Waals surface area contributed by atoms with E-state index in [2.05, 4.69) is 15.0 Å². The molecule has 0 saturated carbocycles. The quantitative estimate of drug-likeness (QED) is 0.772. The molecular weight excluding hydrogens is 356 g/mol. The summed E-state index contributed by atoms with van der Waals surface area (Å²) in [6, 6.07) is 3.94. The fourth-order valence-corrected chi connectivity index (χ4v) is 5.43. The highest BCUT2D eigenvalue weighted by atomic mass is 32.2. The lowest BCUT2D eigenvalue weighted by Crippen LogP contribution is -2.40. The van der Waals surface area contributed by atoms with Crippen molar-refractivity contribution in [3.8, 4) is 0 Å². The van der Waals surface area contributed by atoms with E-state index in [0.29, 0.717) is 37.9 Å². The summed E-state index contributed by atoms with van der Waals surface area (Å²) in [6.45, 7) is 8.42. The molecule has 0 N–H and O–H groups in total. The van der Waals surface area contributed by atoms with Crippen LogP contribution < -0.4 is 0 Å². The van der Waals surface area contributed by atoms with Crippen LogP contribution in [-0.4, -0.2) is 59.7 Å². The molecule has 2 aliphatic heterocycles. The van der Waals surface area contributed by atoms with E-state index in [0.717, 1.165) is 18.1 Å². The molecule has 0 amide bonds. The van der Waals surface area contributed by atoms with E-state index in [-0.39, 0.29) is 11.7 Å². The van der Waals surface area contributed by atoms with E-state index in [9.17, 15) is 8.42 Å². The van der Waals surface area contributed by atoms with Crippen molar-refractivity contribution in [3.63, 3.8) is 0 Å². The molecule has 0 aliphatic carbocycles. The molecule has 4 heterocycles. The second-order valence-corrected chi connectivity index (χ2v) is 9.63. The van der Waals surface area contributed by atoms with Crippen molar-refractivity contribution in [2.24, 2.45) is 5.92 Å². The molecule has 2 fully saturated rings. The third kappa shape index (κ3) is 2.87. The summed E-state index contributed by atoms with van der Waals surface area (Å²) in [5.74, 6) is 3.16. The number of hydrogen-bond donors (Lipinski definition) is 0. The molecule has 2 atom stereocenters. The van der Waals surface area contributed by atoms with Gasteiger partial charge >= 0.3 is 0 Å². The van der Waals surface area contributed by atoms with Crippen LogP contribution in [0, 0.1) is 19.8 Å². The van der Waals surface area contributed by atoms with Gasteiger partial charge in [0.2, 0.25) is 15.9 Å². The average Bonchev–Trinajstić information content (AvgIpc) is 3.31. The van der Waals surface area contributed by atoms with Crippen LogP contribution in [0.25, 0.3) is 0 Å². The number of aromatic nitrogens is 2. The molecular formula is C17H24N4O4S. The summed E-state index contributed by atoms with van der Waals surface area (Å²) in [4.78, 5) is 6.75. The second-order valence-electron chi connectivity index (χ2n) is 7.37. The van der Waals surface area contributed by atoms with E-state index >= 15 is 0 Å². The number of fused-ring (bicyclic) bond motifs is 1. The maximum atomic E-state index is 12.4. The highest BCUT2D eigenvalue weighted by Crippen LogP contribution is 2.45. The van der Waals surface area contributed by atoms with Gasteiger partial charge in [-0.1, -0.05) is 5.16 Å². The van der Waals surface area contributed by atoms with Crippen LogP contribution in [0.5, 0.6) is 0 Å². The van der Waals surface area contributed by atoms with E-state index < -0.39 is 15.4 Å². The highest BCUT2D eigenvalue weighted by molar-refractivity contribution is 7.89. The minimum Gasteiger partial charge on any atom is -0.465 e. The molecule has 0 unspecified atom stereocenters. The molecule has 26 heavy (non-hydrogen) atoms. The van der Waals surface area contributed by atoms with E-state index in [4.69, 9.17) is 8.94 Å². The molecule has 0 aromatic carbocycles. The lowest BCUT2D eigenvalue weighted by Gasteiger charge is -2.25. The Kier molecular flexibility index (Phi) is 4.20. The molecule has 4 rings (SSSR count). The third-order valence-electron chi connectivity index (χ3n) is 5.54. The van der Waals surface area contributed by atoms with Gasteiger partial charge in [0.1, 0.15) is 11.5 Å². The smallest absolute Gasteiger partial charge is 0.235 e. The molecule has 2 saturated heterocycles. The van der Waals surface area contributed by atoms with Gasteiger partial charge in [-0.05, 0) is 32.9 Å². The predicted octanol–water partition coefficient (Wildman–Crippen LogP) is 1.31. The van der Waals surface area contributed by atoms with E-state index in [1.165, 1.54) is 0 Å². The van der Waals surface area contributed by atoms with Gasteiger partial charge in [0.25, 0.3) is 0 Å². The van der Waals surface area contributed by atoms with Crippen molar-refractivity contribution in [2.45, 2.75) is 32.7 Å². The first-order chi connectivity index (χ1) is 12.3. The Hall–Kier alpha value is -1.71. The Bertz CT molecular complexity index is 906. The van der Waals surface area contributed by atoms with Gasteiger partial charge < -0.3 is 8.94 Å². The molecule has 2 aromatic rings. The number of aryl methyl sites for hydroxylation is 2. The van der Waals surface area contributed by atoms with Crippen LogP contribution in [0.4, 0.5) is 0 Å². The topological polar surface area (TPSA) is 92.7 Å². The summed E-state index contributed by atoms with van der Waals surface area (Å²) in [5.41, 5.74) is -0.453. The standard InChI is InChI=1S/C17H24N4O4S/c1-4-26(22,23)21-8-14-7-20(9-15-6-5-12(2)24-15)10-17(14,11-21)16-18-13(3)19-25-16/h5-6,14H,4,7-11H2,1-3H3/t14-,17-/m0/s1. The van der Waals surface area contributed by atoms with Crippen molar-refractivity contribution in [1.29, 1.82) is 0 Å². The molecule has 142 valence electrons. The first-order valence-electron chi connectivity index (χ1n) is 8.89. The molecule has 8 nitrogen and oxygen atoms in total. The zero-order valence-corrected chi connectivity index (χ0v) is 16.1. The number of furan rings is 1. The number of rotatable bonds is 5. The minimum atomic E-state index is -3.25. The summed E-state index contributed by atoms with van der Waals surface area (Å²) in [7, 11) is -3.25. The summed E-state index contributed by atoms with van der Waals surface area (Å²) < 4.78 is 37.6. The SMILES string of the molecule is CCS(=O)(=O)N1C[C@@H]2CN(Cc3ccc(C)o3)C[C@]2(c2nc(C)no2)C1. The normalized spacial score (nSPS) is 27.3. The lowest BCUT2D eigenvalue weighted by atomic mass is 9.81. The molecule has 0 bridgehead atoms. The monoisotopic (exact) mass is 380 g/mol. The molecule has 0 radical (unpaired) electrons. The van der Waals surface area contributed by atoms with Crippen LogP contribution in [0.2, 0.25) is 0 Å². The van der Waals surface area contributed by atoms with Gasteiger partial charge in [0.05, 0.1) is 17.7 Å². The first kappa shape index (κ1) is 17.7. The number of nitrogens with zero attached hydrogens (tertiary/aromatic N) is 4. The minimum absolute atomic E-state index is 0.105. The maximum Gasteiger partial charge on any atom is 0.235 e. The van der Waals surface area contributed by atoms with Crippen LogP contribution in [0.3, 0.4) is 0 Å². The van der Waals surface area contributed by atoms with Crippen molar-refractivity contribution in [2.75, 3.05) is 31.9 Å². The fourth-order valence-electron chi connectivity index (χ4n) is 4.23. The fraction of sp³-hybridized carbons (Fsp3) is 0.647. The Balaban J connectivity index is 1.62. The van der Waals surface area contributed by atoms with Crippen molar-refractivity contribution >= 4 is 10.0 Å². The van der Waals surface area contributed by atoms with Crippen LogP contribution in [-0.2, 0) is 22.0 Å². The molecule has 9 heteroatoms. The number of hydrogen-bond acceptors (Lipinski definition) is 7. The van der Waals surface area contributed by atoms with Gasteiger partial charge in [0, 0.05) is 32.1 Å². The van der Waals surface area contributed by atoms with Gasteiger partial charge in [-0.15, -0.1) is 0 Å². The van der Waals surface area contributed by atoms with E-state index in [1.54, 1.807) is 18.2 Å². The number of sulfonamides is 1. The zero-order chi connectivity index (χ0) is 18.5. The van der Waals surface area contributed by atoms with Gasteiger partial charge in [-0.2, -0.15) is 4.98 Å². The molecule has 2 aliphatic rings. The van der Waals surface area contributed by atoms with Crippen LogP contribution >= 0.6 is 0 Å². The van der Waals surface area contributed by atoms with Crippen molar-refractivity contribution < 1.29 is 17.4 Å². The Morgan fingerprint density at radius 1 is 1.27 bits per heavy atom. The predicted molar refractivity (Wildman–Crippen MR) is 94.0 cm³/mol. The largest absolute Gasteiger partial charge is 0.465 e. The Morgan fingerprint density at radius 3 is 2.69 bits per heavy atom. The Labute approximate surface area is 153 Å². The summed E-state index contributed by atoms with van der Waals surface area (Å²) >= 11 is 0. The Morgan fingerprint density at radius 2 is 2.08 bits per heavy atom. The highest BCUT2D eigenvalue weighted by Gasteiger charge is 2.58. The maximum absolute atomic E-state index is 12.4. The van der Waals surface area contributed by atoms with Gasteiger partial charge in [0.15, 0.2) is 5.82 Å². The first-order valence-corrected chi connectivity index (χ1v) is 10.5. The zero-order valence-electron chi connectivity index (χ0n) is 15.3. The summed E-state index contributed by atoms with van der Waals surface area (Å²) in [6.07, 6.45) is 0. The van der Waals surface area contributed by atoms with Crippen molar-refractivity contribution in [3.05, 3.63) is 35.4 Å². The third-order valence-corrected chi connectivity index (χ3v) is 7.33. The van der Waals surface area contributed by atoms with Gasteiger partial charge in [-0.3, -0.25) is 4.90 Å². The number of likely N-dealkylation sites (tertiary alicyclic amines) is 1. The lowest BCUT2D eigenvalue weighted by molar-refractivity contribution is 0.233.